The number of tetrazole rings is 1. The summed E-state index contributed by atoms with van der Waals surface area (Å²) >= 11 is 0. The second-order valence-electron chi connectivity index (χ2n) is 8.48. The predicted octanol–water partition coefficient (Wildman–Crippen LogP) is 0.576. The molecule has 1 amide bonds. The van der Waals surface area contributed by atoms with Gasteiger partial charge in [0.15, 0.2) is 5.82 Å². The maximum Gasteiger partial charge on any atom is 0.244 e. The quantitative estimate of drug-likeness (QED) is 0.633. The molecule has 2 aromatic rings. The molecule has 0 bridgehead atoms. The Kier molecular flexibility index (Phi) is 6.40. The van der Waals surface area contributed by atoms with Gasteiger partial charge in [-0.1, -0.05) is 49.6 Å². The third-order valence-electron chi connectivity index (χ3n) is 6.18. The minimum Gasteiger partial charge on any atom is -0.391 e. The molecular weight excluding hydrogens is 384 g/mol. The highest BCUT2D eigenvalue weighted by Crippen LogP contribution is 2.36. The smallest absolute Gasteiger partial charge is 0.244 e. The van der Waals surface area contributed by atoms with E-state index < -0.39 is 12.2 Å². The van der Waals surface area contributed by atoms with Crippen LogP contribution in [0.1, 0.15) is 49.9 Å². The number of aliphatic hydroxyl groups is 2. The van der Waals surface area contributed by atoms with Gasteiger partial charge in [-0.15, -0.1) is 5.10 Å². The highest BCUT2D eigenvalue weighted by Gasteiger charge is 2.39. The number of likely N-dealkylation sites (tertiary alicyclic amines) is 1. The number of carbonyl (C=O) groups is 1. The van der Waals surface area contributed by atoms with Crippen LogP contribution < -0.4 is 5.32 Å². The highest BCUT2D eigenvalue weighted by molar-refractivity contribution is 5.76. The van der Waals surface area contributed by atoms with E-state index in [2.05, 4.69) is 33.0 Å². The summed E-state index contributed by atoms with van der Waals surface area (Å²) in [7, 11) is 0. The molecule has 1 aliphatic carbocycles. The predicted molar refractivity (Wildman–Crippen MR) is 109 cm³/mol. The van der Waals surface area contributed by atoms with Gasteiger partial charge < -0.3 is 20.4 Å². The van der Waals surface area contributed by atoms with Gasteiger partial charge in [0.25, 0.3) is 0 Å². The maximum atomic E-state index is 12.8. The number of nitrogens with zero attached hydrogens (tertiary/aromatic N) is 5. The van der Waals surface area contributed by atoms with E-state index in [9.17, 15) is 15.0 Å². The number of nitrogens with one attached hydrogen (secondary N) is 1. The number of benzene rings is 1. The molecule has 1 aromatic carbocycles. The molecular formula is C21H30N6O3. The SMILES string of the molecule is O=C(Cn1nnnc1C1(NCc2ccccc2)CCCCC1)N1C[C@H](O)C[C@@H](O)C1. The molecule has 2 fully saturated rings. The molecule has 2 aliphatic rings. The number of β-amino-alcohol motifs (C(OH)–C–C–N with tert-alkyl or cyclic N) is 2. The zero-order valence-electron chi connectivity index (χ0n) is 17.2. The molecule has 9 nitrogen and oxygen atoms in total. The van der Waals surface area contributed by atoms with Crippen LogP contribution >= 0.6 is 0 Å². The number of hydrogen-bond donors (Lipinski definition) is 3. The van der Waals surface area contributed by atoms with Crippen molar-refractivity contribution in [2.45, 2.75) is 69.4 Å². The molecule has 0 radical (unpaired) electrons. The summed E-state index contributed by atoms with van der Waals surface area (Å²) in [5.41, 5.74) is 0.813. The zero-order chi connectivity index (χ0) is 21.0. The molecule has 1 aliphatic heterocycles. The summed E-state index contributed by atoms with van der Waals surface area (Å²) in [5.74, 6) is 0.486. The Morgan fingerprint density at radius 2 is 1.80 bits per heavy atom. The van der Waals surface area contributed by atoms with Gasteiger partial charge in [-0.25, -0.2) is 4.68 Å². The van der Waals surface area contributed by atoms with Crippen LogP contribution in [0.4, 0.5) is 0 Å². The third-order valence-corrected chi connectivity index (χ3v) is 6.18. The average Bonchev–Trinajstić information content (AvgIpc) is 3.22. The standard InChI is InChI=1S/C21H30N6O3/c28-17-11-18(29)14-26(13-17)19(30)15-27-20(23-24-25-27)21(9-5-2-6-10-21)22-12-16-7-3-1-4-8-16/h1,3-4,7-8,17-18,22,28-29H,2,5-6,9-15H2/t17-,18-/m1/s1. The molecule has 9 heteroatoms. The number of rotatable bonds is 6. The topological polar surface area (TPSA) is 116 Å². The minimum absolute atomic E-state index is 0.00343. The van der Waals surface area contributed by atoms with Gasteiger partial charge in [-0.2, -0.15) is 0 Å². The van der Waals surface area contributed by atoms with Crippen LogP contribution in [0.3, 0.4) is 0 Å². The van der Waals surface area contributed by atoms with Crippen molar-refractivity contribution in [3.63, 3.8) is 0 Å². The van der Waals surface area contributed by atoms with Gasteiger partial charge in [0.05, 0.1) is 17.7 Å². The average molecular weight is 415 g/mol. The number of hydrogen-bond acceptors (Lipinski definition) is 7. The lowest BCUT2D eigenvalue weighted by Crippen LogP contribution is -2.50. The summed E-state index contributed by atoms with van der Waals surface area (Å²) < 4.78 is 1.58. The van der Waals surface area contributed by atoms with Gasteiger partial charge in [0.2, 0.25) is 5.91 Å². The monoisotopic (exact) mass is 414 g/mol. The third kappa shape index (κ3) is 4.69. The second-order valence-corrected chi connectivity index (χ2v) is 8.48. The number of aliphatic hydroxyl groups excluding tert-OH is 2. The first-order valence-corrected chi connectivity index (χ1v) is 10.8. The maximum absolute atomic E-state index is 12.8. The Morgan fingerprint density at radius 1 is 1.10 bits per heavy atom. The van der Waals surface area contributed by atoms with E-state index in [1.807, 2.05) is 18.2 Å². The van der Waals surface area contributed by atoms with E-state index in [0.717, 1.165) is 25.7 Å². The van der Waals surface area contributed by atoms with Crippen molar-refractivity contribution in [1.82, 2.24) is 30.4 Å². The second kappa shape index (κ2) is 9.20. The Labute approximate surface area is 176 Å². The van der Waals surface area contributed by atoms with Gasteiger partial charge in [-0.05, 0) is 28.8 Å². The fraction of sp³-hybridized carbons (Fsp3) is 0.619. The van der Waals surface area contributed by atoms with E-state index in [4.69, 9.17) is 0 Å². The van der Waals surface area contributed by atoms with E-state index in [0.29, 0.717) is 18.8 Å². The number of carbonyl (C=O) groups excluding carboxylic acids is 1. The molecule has 2 atom stereocenters. The fourth-order valence-corrected chi connectivity index (χ4v) is 4.63. The Balaban J connectivity index is 1.51. The van der Waals surface area contributed by atoms with Crippen LogP contribution in [0.5, 0.6) is 0 Å². The summed E-state index contributed by atoms with van der Waals surface area (Å²) in [6.07, 6.45) is 4.04. The van der Waals surface area contributed by atoms with Crippen LogP contribution in [0, 0.1) is 0 Å². The molecule has 3 N–H and O–H groups in total. The van der Waals surface area contributed by atoms with Crippen molar-refractivity contribution in [1.29, 1.82) is 0 Å². The molecule has 0 spiro atoms. The molecule has 0 unspecified atom stereocenters. The van der Waals surface area contributed by atoms with Gasteiger partial charge in [0.1, 0.15) is 6.54 Å². The summed E-state index contributed by atoms with van der Waals surface area (Å²) in [6.45, 7) is 1.15. The minimum atomic E-state index is -0.705. The van der Waals surface area contributed by atoms with Crippen molar-refractivity contribution in [3.8, 4) is 0 Å². The van der Waals surface area contributed by atoms with Crippen LogP contribution in [0.15, 0.2) is 30.3 Å². The van der Waals surface area contributed by atoms with Crippen molar-refractivity contribution in [2.75, 3.05) is 13.1 Å². The lowest BCUT2D eigenvalue weighted by molar-refractivity contribution is -0.138. The van der Waals surface area contributed by atoms with Crippen LogP contribution in [-0.4, -0.2) is 66.5 Å². The summed E-state index contributed by atoms with van der Waals surface area (Å²) in [5, 5.41) is 35.8. The first-order valence-electron chi connectivity index (χ1n) is 10.8. The Hall–Kier alpha value is -2.36. The van der Waals surface area contributed by atoms with E-state index in [-0.39, 0.29) is 31.1 Å². The first-order chi connectivity index (χ1) is 14.6. The normalized spacial score (nSPS) is 24.0. The van der Waals surface area contributed by atoms with Crippen LogP contribution in [0.2, 0.25) is 0 Å². The number of amides is 1. The molecule has 2 heterocycles. The Morgan fingerprint density at radius 3 is 2.50 bits per heavy atom. The molecule has 1 saturated carbocycles. The van der Waals surface area contributed by atoms with E-state index >= 15 is 0 Å². The number of piperidine rings is 1. The van der Waals surface area contributed by atoms with Crippen molar-refractivity contribution < 1.29 is 15.0 Å². The largest absolute Gasteiger partial charge is 0.391 e. The highest BCUT2D eigenvalue weighted by atomic mass is 16.3. The molecule has 4 rings (SSSR count). The zero-order valence-corrected chi connectivity index (χ0v) is 17.2. The van der Waals surface area contributed by atoms with Gasteiger partial charge >= 0.3 is 0 Å². The Bertz CT molecular complexity index is 826. The fourth-order valence-electron chi connectivity index (χ4n) is 4.63. The lowest BCUT2D eigenvalue weighted by Gasteiger charge is -2.37. The van der Waals surface area contributed by atoms with Crippen LogP contribution in [0.25, 0.3) is 0 Å². The van der Waals surface area contributed by atoms with Crippen molar-refractivity contribution in [3.05, 3.63) is 41.7 Å². The van der Waals surface area contributed by atoms with Crippen molar-refractivity contribution >= 4 is 5.91 Å². The van der Waals surface area contributed by atoms with Gasteiger partial charge in [-0.3, -0.25) is 4.79 Å². The van der Waals surface area contributed by atoms with Crippen molar-refractivity contribution in [2.24, 2.45) is 0 Å². The van der Waals surface area contributed by atoms with Gasteiger partial charge in [0, 0.05) is 26.1 Å². The molecule has 162 valence electrons. The molecule has 1 saturated heterocycles. The van der Waals surface area contributed by atoms with Crippen LogP contribution in [-0.2, 0) is 23.4 Å². The lowest BCUT2D eigenvalue weighted by atomic mass is 9.80. The first kappa shape index (κ1) is 20.9. The summed E-state index contributed by atoms with van der Waals surface area (Å²) in [4.78, 5) is 14.3. The van der Waals surface area contributed by atoms with E-state index in [1.54, 1.807) is 4.68 Å². The molecule has 30 heavy (non-hydrogen) atoms. The van der Waals surface area contributed by atoms with E-state index in [1.165, 1.54) is 16.9 Å². The summed E-state index contributed by atoms with van der Waals surface area (Å²) in [6, 6.07) is 10.2. The molecule has 1 aromatic heterocycles. The number of aromatic nitrogens is 4.